The van der Waals surface area contributed by atoms with E-state index in [2.05, 4.69) is 10.6 Å². The maximum absolute atomic E-state index is 12.8. The van der Waals surface area contributed by atoms with Gasteiger partial charge in [0.15, 0.2) is 6.10 Å². The van der Waals surface area contributed by atoms with Crippen molar-refractivity contribution in [3.05, 3.63) is 51.9 Å². The fourth-order valence-electron chi connectivity index (χ4n) is 3.23. The van der Waals surface area contributed by atoms with Crippen LogP contribution in [0.5, 0.6) is 0 Å². The van der Waals surface area contributed by atoms with Crippen molar-refractivity contribution in [3.63, 3.8) is 0 Å². The first kappa shape index (κ1) is 20.1. The molecule has 0 spiro atoms. The molecule has 0 fully saturated rings. The lowest BCUT2D eigenvalue weighted by Crippen LogP contribution is -2.35. The fraction of sp³-hybridized carbons (Fsp3) is 0.381. The van der Waals surface area contributed by atoms with E-state index in [-0.39, 0.29) is 11.8 Å². The molecule has 2 aromatic rings. The van der Waals surface area contributed by atoms with Gasteiger partial charge in [0.2, 0.25) is 5.91 Å². The standard InChI is InChI=1S/C21H24N2O4S/c1-13(19(25)22-12-15-8-4-3-5-9-15)27-21(26)18-16-10-6-7-11-17(16)28-20(18)23-14(2)24/h3-5,8-9,13H,6-7,10-12H2,1-2H3,(H,22,25)(H,23,24)/t13-/m0/s1. The van der Waals surface area contributed by atoms with Crippen molar-refractivity contribution in [1.29, 1.82) is 0 Å². The van der Waals surface area contributed by atoms with Gasteiger partial charge in [-0.05, 0) is 43.7 Å². The molecule has 1 atom stereocenters. The molecule has 6 nitrogen and oxygen atoms in total. The van der Waals surface area contributed by atoms with Crippen molar-refractivity contribution in [2.24, 2.45) is 0 Å². The van der Waals surface area contributed by atoms with Gasteiger partial charge in [-0.15, -0.1) is 11.3 Å². The van der Waals surface area contributed by atoms with Crippen LogP contribution in [0.4, 0.5) is 5.00 Å². The van der Waals surface area contributed by atoms with E-state index in [1.54, 1.807) is 6.92 Å². The summed E-state index contributed by atoms with van der Waals surface area (Å²) in [4.78, 5) is 37.8. The first-order chi connectivity index (χ1) is 13.5. The summed E-state index contributed by atoms with van der Waals surface area (Å²) in [7, 11) is 0. The Kier molecular flexibility index (Phi) is 6.46. The molecule has 7 heteroatoms. The topological polar surface area (TPSA) is 84.5 Å². The molecule has 1 aliphatic carbocycles. The Labute approximate surface area is 168 Å². The number of anilines is 1. The van der Waals surface area contributed by atoms with Gasteiger partial charge in [0.05, 0.1) is 5.56 Å². The summed E-state index contributed by atoms with van der Waals surface area (Å²) in [6.07, 6.45) is 2.81. The third-order valence-corrected chi connectivity index (χ3v) is 5.83. The highest BCUT2D eigenvalue weighted by Gasteiger charge is 2.29. The van der Waals surface area contributed by atoms with E-state index in [1.807, 2.05) is 30.3 Å². The lowest BCUT2D eigenvalue weighted by atomic mass is 9.95. The second-order valence-electron chi connectivity index (χ2n) is 6.85. The number of hydrogen-bond acceptors (Lipinski definition) is 5. The predicted octanol–water partition coefficient (Wildman–Crippen LogP) is 3.45. The molecule has 0 aliphatic heterocycles. The number of benzene rings is 1. The first-order valence-electron chi connectivity index (χ1n) is 9.40. The molecule has 148 valence electrons. The zero-order valence-corrected chi connectivity index (χ0v) is 16.9. The highest BCUT2D eigenvalue weighted by atomic mass is 32.1. The number of carbonyl (C=O) groups is 3. The smallest absolute Gasteiger partial charge is 0.342 e. The molecule has 1 aromatic carbocycles. The van der Waals surface area contributed by atoms with E-state index in [4.69, 9.17) is 4.74 Å². The Morgan fingerprint density at radius 2 is 1.86 bits per heavy atom. The minimum atomic E-state index is -0.930. The van der Waals surface area contributed by atoms with Gasteiger partial charge in [-0.25, -0.2) is 4.79 Å². The molecular weight excluding hydrogens is 376 g/mol. The summed E-state index contributed by atoms with van der Waals surface area (Å²) >= 11 is 1.43. The number of hydrogen-bond donors (Lipinski definition) is 2. The molecule has 3 rings (SSSR count). The Morgan fingerprint density at radius 3 is 2.57 bits per heavy atom. The van der Waals surface area contributed by atoms with Crippen molar-refractivity contribution in [2.75, 3.05) is 5.32 Å². The molecule has 1 aromatic heterocycles. The molecule has 0 saturated carbocycles. The Morgan fingerprint density at radius 1 is 1.14 bits per heavy atom. The first-order valence-corrected chi connectivity index (χ1v) is 10.2. The number of fused-ring (bicyclic) bond motifs is 1. The number of carbonyl (C=O) groups excluding carboxylic acids is 3. The van der Waals surface area contributed by atoms with E-state index < -0.39 is 12.1 Å². The van der Waals surface area contributed by atoms with Crippen LogP contribution in [0.2, 0.25) is 0 Å². The lowest BCUT2D eigenvalue weighted by Gasteiger charge is -2.16. The van der Waals surface area contributed by atoms with E-state index in [9.17, 15) is 14.4 Å². The second kappa shape index (κ2) is 9.01. The van der Waals surface area contributed by atoms with Gasteiger partial charge in [0, 0.05) is 18.3 Å². The maximum atomic E-state index is 12.8. The van der Waals surface area contributed by atoms with Gasteiger partial charge >= 0.3 is 5.97 Å². The van der Waals surface area contributed by atoms with Crippen LogP contribution in [0.15, 0.2) is 30.3 Å². The summed E-state index contributed by atoms with van der Waals surface area (Å²) < 4.78 is 5.44. The van der Waals surface area contributed by atoms with Crippen LogP contribution in [0.1, 0.15) is 53.1 Å². The van der Waals surface area contributed by atoms with E-state index in [1.165, 1.54) is 18.3 Å². The Bertz CT molecular complexity index is 876. The molecule has 0 saturated heterocycles. The molecule has 0 unspecified atom stereocenters. The summed E-state index contributed by atoms with van der Waals surface area (Å²) in [6, 6.07) is 9.52. The zero-order valence-electron chi connectivity index (χ0n) is 16.0. The average molecular weight is 401 g/mol. The third-order valence-electron chi connectivity index (χ3n) is 4.63. The van der Waals surface area contributed by atoms with Crippen molar-refractivity contribution in [2.45, 2.75) is 52.2 Å². The van der Waals surface area contributed by atoms with Gasteiger partial charge in [0.1, 0.15) is 5.00 Å². The zero-order chi connectivity index (χ0) is 20.1. The monoisotopic (exact) mass is 400 g/mol. The number of ether oxygens (including phenoxy) is 1. The van der Waals surface area contributed by atoms with Crippen LogP contribution in [-0.2, 0) is 33.7 Å². The lowest BCUT2D eigenvalue weighted by molar-refractivity contribution is -0.129. The normalized spacial score (nSPS) is 13.9. The molecule has 28 heavy (non-hydrogen) atoms. The van der Waals surface area contributed by atoms with Crippen molar-refractivity contribution < 1.29 is 19.1 Å². The average Bonchev–Trinajstić information content (AvgIpc) is 3.03. The molecule has 1 heterocycles. The maximum Gasteiger partial charge on any atom is 0.342 e. The van der Waals surface area contributed by atoms with Crippen molar-refractivity contribution in [3.8, 4) is 0 Å². The molecule has 2 N–H and O–H groups in total. The number of esters is 1. The molecule has 2 amide bonds. The number of aryl methyl sites for hydroxylation is 1. The van der Waals surface area contributed by atoms with Gasteiger partial charge < -0.3 is 15.4 Å². The van der Waals surface area contributed by atoms with Gasteiger partial charge in [0.25, 0.3) is 5.91 Å². The summed E-state index contributed by atoms with van der Waals surface area (Å²) in [5.74, 6) is -1.16. The van der Waals surface area contributed by atoms with Crippen molar-refractivity contribution in [1.82, 2.24) is 5.32 Å². The van der Waals surface area contributed by atoms with Crippen molar-refractivity contribution >= 4 is 34.1 Å². The van der Waals surface area contributed by atoms with Crippen LogP contribution >= 0.6 is 11.3 Å². The van der Waals surface area contributed by atoms with Crippen LogP contribution in [0, 0.1) is 0 Å². The van der Waals surface area contributed by atoms with Gasteiger partial charge in [-0.1, -0.05) is 30.3 Å². The highest BCUT2D eigenvalue weighted by Crippen LogP contribution is 2.38. The molecule has 0 radical (unpaired) electrons. The number of thiophene rings is 1. The van der Waals surface area contributed by atoms with Crippen LogP contribution in [-0.4, -0.2) is 23.9 Å². The quantitative estimate of drug-likeness (QED) is 0.728. The SMILES string of the molecule is CC(=O)Nc1sc2c(c1C(=O)O[C@@H](C)C(=O)NCc1ccccc1)CCCC2. The summed E-state index contributed by atoms with van der Waals surface area (Å²) in [5, 5.41) is 6.03. The van der Waals surface area contributed by atoms with Crippen LogP contribution in [0.3, 0.4) is 0 Å². The Hall–Kier alpha value is -2.67. The molecule has 0 bridgehead atoms. The van der Waals surface area contributed by atoms with E-state index >= 15 is 0 Å². The summed E-state index contributed by atoms with van der Waals surface area (Å²) in [5.41, 5.74) is 2.31. The van der Waals surface area contributed by atoms with Gasteiger partial charge in [-0.3, -0.25) is 9.59 Å². The molecular formula is C21H24N2O4S. The van der Waals surface area contributed by atoms with Crippen LogP contribution in [0.25, 0.3) is 0 Å². The minimum absolute atomic E-state index is 0.235. The Balaban J connectivity index is 1.68. The second-order valence-corrected chi connectivity index (χ2v) is 7.95. The van der Waals surface area contributed by atoms with E-state index in [0.717, 1.165) is 41.7 Å². The number of amides is 2. The summed E-state index contributed by atoms with van der Waals surface area (Å²) in [6.45, 7) is 3.33. The van der Waals surface area contributed by atoms with Crippen LogP contribution < -0.4 is 10.6 Å². The molecule has 1 aliphatic rings. The van der Waals surface area contributed by atoms with Gasteiger partial charge in [-0.2, -0.15) is 0 Å². The minimum Gasteiger partial charge on any atom is -0.449 e. The fourth-order valence-corrected chi connectivity index (χ4v) is 4.56. The number of nitrogens with one attached hydrogen (secondary N) is 2. The third kappa shape index (κ3) is 4.78. The number of rotatable bonds is 6. The highest BCUT2D eigenvalue weighted by molar-refractivity contribution is 7.17. The van der Waals surface area contributed by atoms with E-state index in [0.29, 0.717) is 17.1 Å². The predicted molar refractivity (Wildman–Crippen MR) is 108 cm³/mol. The largest absolute Gasteiger partial charge is 0.449 e.